The first-order chi connectivity index (χ1) is 9.78. The van der Waals surface area contributed by atoms with Gasteiger partial charge in [0.2, 0.25) is 0 Å². The number of ether oxygens (including phenoxy) is 1. The maximum absolute atomic E-state index is 7.88. The van der Waals surface area contributed by atoms with Crippen LogP contribution in [0.4, 0.5) is 0 Å². The average molecular weight is 267 g/mol. The van der Waals surface area contributed by atoms with E-state index < -0.39 is 0 Å². The molecule has 2 aromatic rings. The Bertz CT molecular complexity index is 672. The standard InChI is InChI=1S/C16H17N3O/c17-11-19-9-14(13-6-7-13)15(8-16(19)18)20-10-12-4-2-1-3-5-12/h1-5,8-9,11,13,17-18H,6-7,10H2. The van der Waals surface area contributed by atoms with E-state index in [1.54, 1.807) is 6.07 Å². The van der Waals surface area contributed by atoms with Gasteiger partial charge in [0, 0.05) is 17.8 Å². The van der Waals surface area contributed by atoms with Crippen molar-refractivity contribution in [3.63, 3.8) is 0 Å². The van der Waals surface area contributed by atoms with Crippen LogP contribution in [0.25, 0.3) is 0 Å². The van der Waals surface area contributed by atoms with Crippen LogP contribution in [0.15, 0.2) is 42.6 Å². The van der Waals surface area contributed by atoms with E-state index in [4.69, 9.17) is 15.6 Å². The molecule has 4 nitrogen and oxygen atoms in total. The molecule has 0 radical (unpaired) electrons. The minimum absolute atomic E-state index is 0.271. The third-order valence-electron chi connectivity index (χ3n) is 3.50. The lowest BCUT2D eigenvalue weighted by molar-refractivity contribution is 0.301. The molecule has 1 aromatic carbocycles. The van der Waals surface area contributed by atoms with E-state index in [9.17, 15) is 0 Å². The Morgan fingerprint density at radius 1 is 1.25 bits per heavy atom. The highest BCUT2D eigenvalue weighted by molar-refractivity contribution is 5.55. The predicted octanol–water partition coefficient (Wildman–Crippen LogP) is 2.88. The molecule has 1 saturated carbocycles. The Kier molecular flexibility index (Phi) is 3.37. The lowest BCUT2D eigenvalue weighted by Gasteiger charge is -2.13. The topological polar surface area (TPSA) is 61.9 Å². The van der Waals surface area contributed by atoms with Crippen molar-refractivity contribution >= 4 is 6.34 Å². The van der Waals surface area contributed by atoms with E-state index in [0.29, 0.717) is 12.5 Å². The molecule has 0 saturated heterocycles. The third-order valence-corrected chi connectivity index (χ3v) is 3.50. The van der Waals surface area contributed by atoms with Crippen molar-refractivity contribution in [3.8, 4) is 5.75 Å². The molecule has 0 unspecified atom stereocenters. The zero-order chi connectivity index (χ0) is 13.9. The minimum atomic E-state index is 0.271. The van der Waals surface area contributed by atoms with Crippen molar-refractivity contribution in [2.75, 3.05) is 0 Å². The van der Waals surface area contributed by atoms with Crippen molar-refractivity contribution in [2.45, 2.75) is 25.4 Å². The van der Waals surface area contributed by atoms with E-state index >= 15 is 0 Å². The van der Waals surface area contributed by atoms with Crippen LogP contribution in [0.2, 0.25) is 0 Å². The van der Waals surface area contributed by atoms with Gasteiger partial charge in [-0.1, -0.05) is 30.3 Å². The summed E-state index contributed by atoms with van der Waals surface area (Å²) in [4.78, 5) is 0. The number of hydrogen-bond acceptors (Lipinski definition) is 3. The fourth-order valence-corrected chi connectivity index (χ4v) is 2.23. The molecule has 102 valence electrons. The molecule has 0 aliphatic heterocycles. The summed E-state index contributed by atoms with van der Waals surface area (Å²) >= 11 is 0. The zero-order valence-electron chi connectivity index (χ0n) is 11.2. The maximum Gasteiger partial charge on any atom is 0.133 e. The average Bonchev–Trinajstić information content (AvgIpc) is 3.31. The van der Waals surface area contributed by atoms with Crippen molar-refractivity contribution < 1.29 is 4.74 Å². The highest BCUT2D eigenvalue weighted by atomic mass is 16.5. The smallest absolute Gasteiger partial charge is 0.133 e. The zero-order valence-corrected chi connectivity index (χ0v) is 11.2. The molecule has 2 N–H and O–H groups in total. The number of nitrogens with one attached hydrogen (secondary N) is 2. The van der Waals surface area contributed by atoms with Crippen LogP contribution in [-0.4, -0.2) is 10.9 Å². The molecular weight excluding hydrogens is 250 g/mol. The van der Waals surface area contributed by atoms with Gasteiger partial charge in [0.1, 0.15) is 17.8 Å². The van der Waals surface area contributed by atoms with Crippen LogP contribution in [0.5, 0.6) is 5.75 Å². The first-order valence-electron chi connectivity index (χ1n) is 6.76. The lowest BCUT2D eigenvalue weighted by Crippen LogP contribution is -2.19. The quantitative estimate of drug-likeness (QED) is 0.635. The summed E-state index contributed by atoms with van der Waals surface area (Å²) in [7, 11) is 0. The Labute approximate surface area is 117 Å². The number of benzene rings is 1. The predicted molar refractivity (Wildman–Crippen MR) is 77.2 cm³/mol. The van der Waals surface area contributed by atoms with Gasteiger partial charge in [0.15, 0.2) is 0 Å². The summed E-state index contributed by atoms with van der Waals surface area (Å²) in [5.74, 6) is 1.30. The van der Waals surface area contributed by atoms with Gasteiger partial charge in [-0.05, 0) is 24.3 Å². The largest absolute Gasteiger partial charge is 0.488 e. The van der Waals surface area contributed by atoms with Crippen molar-refractivity contribution in [2.24, 2.45) is 0 Å². The summed E-state index contributed by atoms with van der Waals surface area (Å²) in [5.41, 5.74) is 2.50. The Hall–Kier alpha value is -2.36. The molecule has 1 heterocycles. The summed E-state index contributed by atoms with van der Waals surface area (Å²) in [6.45, 7) is 0.509. The van der Waals surface area contributed by atoms with Gasteiger partial charge < -0.3 is 4.74 Å². The monoisotopic (exact) mass is 267 g/mol. The Balaban J connectivity index is 1.86. The lowest BCUT2D eigenvalue weighted by atomic mass is 10.1. The SMILES string of the molecule is N=Cn1cc(C2CC2)c(OCc2ccccc2)cc1=N. The van der Waals surface area contributed by atoms with Gasteiger partial charge in [0.05, 0.1) is 6.34 Å². The molecule has 0 amide bonds. The van der Waals surface area contributed by atoms with E-state index in [0.717, 1.165) is 36.1 Å². The van der Waals surface area contributed by atoms with Crippen LogP contribution in [0.3, 0.4) is 0 Å². The molecular formula is C16H17N3O. The van der Waals surface area contributed by atoms with Crippen molar-refractivity contribution in [1.29, 1.82) is 10.8 Å². The number of rotatable bonds is 5. The fraction of sp³-hybridized carbons (Fsp3) is 0.250. The van der Waals surface area contributed by atoms with Gasteiger partial charge >= 0.3 is 0 Å². The summed E-state index contributed by atoms with van der Waals surface area (Å²) in [6.07, 6.45) is 5.34. The Morgan fingerprint density at radius 2 is 2.00 bits per heavy atom. The molecule has 1 aliphatic carbocycles. The van der Waals surface area contributed by atoms with Gasteiger partial charge in [-0.25, -0.2) is 0 Å². The summed E-state index contributed by atoms with van der Waals surface area (Å²) in [6, 6.07) is 11.7. The molecule has 1 fully saturated rings. The molecule has 0 atom stereocenters. The van der Waals surface area contributed by atoms with E-state index in [-0.39, 0.29) is 5.49 Å². The molecule has 3 rings (SSSR count). The number of pyridine rings is 1. The van der Waals surface area contributed by atoms with Crippen LogP contribution in [-0.2, 0) is 6.61 Å². The second-order valence-corrected chi connectivity index (χ2v) is 5.06. The molecule has 1 aliphatic rings. The first kappa shape index (κ1) is 12.7. The molecule has 0 bridgehead atoms. The number of nitrogens with zero attached hydrogens (tertiary/aromatic N) is 1. The highest BCUT2D eigenvalue weighted by Gasteiger charge is 2.27. The number of aromatic nitrogens is 1. The summed E-state index contributed by atoms with van der Waals surface area (Å²) in [5, 5.41) is 15.2. The maximum atomic E-state index is 7.88. The molecule has 20 heavy (non-hydrogen) atoms. The van der Waals surface area contributed by atoms with Crippen molar-refractivity contribution in [3.05, 3.63) is 59.2 Å². The molecule has 1 aromatic heterocycles. The van der Waals surface area contributed by atoms with Gasteiger partial charge in [-0.3, -0.25) is 15.4 Å². The van der Waals surface area contributed by atoms with Crippen LogP contribution >= 0.6 is 0 Å². The van der Waals surface area contributed by atoms with Crippen LogP contribution < -0.4 is 10.2 Å². The normalized spacial score (nSPS) is 14.0. The fourth-order valence-electron chi connectivity index (χ4n) is 2.23. The van der Waals surface area contributed by atoms with Gasteiger partial charge in [-0.2, -0.15) is 0 Å². The van der Waals surface area contributed by atoms with Crippen LogP contribution in [0, 0.1) is 10.8 Å². The van der Waals surface area contributed by atoms with E-state index in [1.165, 1.54) is 4.57 Å². The Morgan fingerprint density at radius 3 is 2.65 bits per heavy atom. The highest BCUT2D eigenvalue weighted by Crippen LogP contribution is 2.43. The molecule has 0 spiro atoms. The van der Waals surface area contributed by atoms with Crippen LogP contribution in [0.1, 0.15) is 29.9 Å². The molecule has 4 heteroatoms. The third kappa shape index (κ3) is 2.64. The second-order valence-electron chi connectivity index (χ2n) is 5.06. The first-order valence-corrected chi connectivity index (χ1v) is 6.76. The minimum Gasteiger partial charge on any atom is -0.488 e. The van der Waals surface area contributed by atoms with E-state index in [1.807, 2.05) is 36.5 Å². The van der Waals surface area contributed by atoms with Gasteiger partial charge in [-0.15, -0.1) is 0 Å². The second kappa shape index (κ2) is 5.33. The summed E-state index contributed by atoms with van der Waals surface area (Å²) < 4.78 is 7.41. The number of hydrogen-bond donors (Lipinski definition) is 2. The van der Waals surface area contributed by atoms with Gasteiger partial charge in [0.25, 0.3) is 0 Å². The van der Waals surface area contributed by atoms with Crippen molar-refractivity contribution in [1.82, 2.24) is 4.57 Å². The van der Waals surface area contributed by atoms with E-state index in [2.05, 4.69) is 0 Å².